The Labute approximate surface area is 208 Å². The van der Waals surface area contributed by atoms with Gasteiger partial charge in [-0.1, -0.05) is 47.5 Å². The number of carbonyl (C=O) groups excluding carboxylic acids is 2. The molecular weight excluding hydrogens is 493 g/mol. The van der Waals surface area contributed by atoms with E-state index < -0.39 is 17.9 Å². The van der Waals surface area contributed by atoms with Crippen molar-refractivity contribution in [2.45, 2.75) is 13.1 Å². The Bertz CT molecular complexity index is 1540. The van der Waals surface area contributed by atoms with Gasteiger partial charge in [-0.05, 0) is 42.0 Å². The van der Waals surface area contributed by atoms with E-state index in [0.717, 1.165) is 15.8 Å². The second kappa shape index (κ2) is 8.98. The van der Waals surface area contributed by atoms with Crippen LogP contribution >= 0.6 is 23.2 Å². The summed E-state index contributed by atoms with van der Waals surface area (Å²) < 4.78 is 7.27. The van der Waals surface area contributed by atoms with Crippen LogP contribution < -0.4 is 5.32 Å². The molecule has 1 aliphatic heterocycles. The molecule has 0 saturated carbocycles. The Morgan fingerprint density at radius 2 is 1.86 bits per heavy atom. The second-order valence-electron chi connectivity index (χ2n) is 7.92. The first-order chi connectivity index (χ1) is 16.8. The summed E-state index contributed by atoms with van der Waals surface area (Å²) in [6.45, 7) is 0.294. The number of halogens is 2. The van der Waals surface area contributed by atoms with Gasteiger partial charge in [0.25, 0.3) is 5.91 Å². The molecule has 10 heteroatoms. The molecule has 8 nitrogen and oxygen atoms in total. The van der Waals surface area contributed by atoms with Crippen molar-refractivity contribution in [2.24, 2.45) is 0 Å². The predicted molar refractivity (Wildman–Crippen MR) is 130 cm³/mol. The lowest BCUT2D eigenvalue weighted by atomic mass is 10.1. The number of hydrogen-bond acceptors (Lipinski definition) is 4. The van der Waals surface area contributed by atoms with E-state index in [1.165, 1.54) is 6.07 Å². The van der Waals surface area contributed by atoms with Crippen molar-refractivity contribution in [3.8, 4) is 0 Å². The van der Waals surface area contributed by atoms with Gasteiger partial charge in [-0.15, -0.1) is 0 Å². The van der Waals surface area contributed by atoms with Gasteiger partial charge in [0.15, 0.2) is 0 Å². The first-order valence-electron chi connectivity index (χ1n) is 10.5. The van der Waals surface area contributed by atoms with Gasteiger partial charge >= 0.3 is 12.0 Å². The number of para-hydroxylation sites is 1. The molecule has 2 aromatic heterocycles. The zero-order valence-electron chi connectivity index (χ0n) is 18.0. The lowest BCUT2D eigenvalue weighted by molar-refractivity contribution is -0.123. The van der Waals surface area contributed by atoms with E-state index in [1.54, 1.807) is 30.3 Å². The third kappa shape index (κ3) is 4.41. The number of aromatic carboxylic acids is 1. The van der Waals surface area contributed by atoms with Crippen molar-refractivity contribution in [3.05, 3.63) is 99.2 Å². The molecule has 5 rings (SSSR count). The minimum Gasteiger partial charge on any atom is -0.475 e. The van der Waals surface area contributed by atoms with Crippen LogP contribution in [0, 0.1) is 0 Å². The number of rotatable bonds is 6. The fraction of sp³-hybridized carbons (Fsp3) is 0.0800. The maximum absolute atomic E-state index is 13.0. The normalized spacial score (nSPS) is 14.8. The maximum Gasteiger partial charge on any atom is 0.371 e. The molecule has 0 aliphatic carbocycles. The number of imide groups is 1. The molecule has 1 saturated heterocycles. The lowest BCUT2D eigenvalue weighted by Gasteiger charge is -2.13. The molecule has 0 radical (unpaired) electrons. The predicted octanol–water partition coefficient (Wildman–Crippen LogP) is 5.38. The highest BCUT2D eigenvalue weighted by Crippen LogP contribution is 2.28. The van der Waals surface area contributed by atoms with Crippen LogP contribution in [0.15, 0.2) is 70.9 Å². The first kappa shape index (κ1) is 22.8. The van der Waals surface area contributed by atoms with E-state index in [1.807, 2.05) is 35.0 Å². The van der Waals surface area contributed by atoms with Crippen LogP contribution in [0.3, 0.4) is 0 Å². The Morgan fingerprint density at radius 3 is 2.60 bits per heavy atom. The molecule has 3 amide bonds. The number of fused-ring (bicyclic) bond motifs is 1. The summed E-state index contributed by atoms with van der Waals surface area (Å²) in [4.78, 5) is 37.8. The molecule has 1 aliphatic rings. The van der Waals surface area contributed by atoms with Crippen LogP contribution in [0.1, 0.15) is 27.4 Å². The third-order valence-corrected chi connectivity index (χ3v) is 6.21. The molecule has 3 heterocycles. The van der Waals surface area contributed by atoms with E-state index in [9.17, 15) is 14.4 Å². The molecule has 0 spiro atoms. The molecule has 1 fully saturated rings. The van der Waals surface area contributed by atoms with Crippen LogP contribution in [0.25, 0.3) is 17.0 Å². The quantitative estimate of drug-likeness (QED) is 0.268. The zero-order valence-corrected chi connectivity index (χ0v) is 19.5. The molecule has 0 bridgehead atoms. The lowest BCUT2D eigenvalue weighted by Crippen LogP contribution is -2.30. The number of urea groups is 1. The number of carboxylic acids is 1. The Balaban J connectivity index is 1.45. The SMILES string of the molecule is O=C(O)c1ccc(Cn2cc(/C=C3\NC(=O)N(Cc4ccc(Cl)cc4Cl)C3=O)c3ccccc32)o1. The number of carbonyl (C=O) groups is 3. The van der Waals surface area contributed by atoms with Crippen molar-refractivity contribution in [3.63, 3.8) is 0 Å². The van der Waals surface area contributed by atoms with Crippen molar-refractivity contribution in [1.29, 1.82) is 0 Å². The highest BCUT2D eigenvalue weighted by Gasteiger charge is 2.34. The average molecular weight is 510 g/mol. The second-order valence-corrected chi connectivity index (χ2v) is 8.76. The summed E-state index contributed by atoms with van der Waals surface area (Å²) in [5.74, 6) is -1.29. The van der Waals surface area contributed by atoms with Crippen LogP contribution in [0.4, 0.5) is 4.79 Å². The van der Waals surface area contributed by atoms with Gasteiger partial charge in [0, 0.05) is 32.7 Å². The summed E-state index contributed by atoms with van der Waals surface area (Å²) in [5.41, 5.74) is 2.29. The Hall–Kier alpha value is -4.01. The average Bonchev–Trinajstić information content (AvgIpc) is 3.50. The fourth-order valence-electron chi connectivity index (χ4n) is 3.96. The van der Waals surface area contributed by atoms with Gasteiger partial charge in [0.05, 0.1) is 13.1 Å². The molecular formula is C25H17Cl2N3O5. The molecule has 35 heavy (non-hydrogen) atoms. The minimum atomic E-state index is -1.14. The summed E-state index contributed by atoms with van der Waals surface area (Å²) in [6.07, 6.45) is 3.44. The van der Waals surface area contributed by atoms with Gasteiger partial charge in [-0.25, -0.2) is 9.59 Å². The number of benzene rings is 2. The number of hydrogen-bond donors (Lipinski definition) is 2. The van der Waals surface area contributed by atoms with E-state index in [2.05, 4.69) is 5.32 Å². The molecule has 2 N–H and O–H groups in total. The van der Waals surface area contributed by atoms with E-state index >= 15 is 0 Å². The van der Waals surface area contributed by atoms with Crippen molar-refractivity contribution in [1.82, 2.24) is 14.8 Å². The fourth-order valence-corrected chi connectivity index (χ4v) is 4.43. The molecule has 0 atom stereocenters. The molecule has 2 aromatic carbocycles. The number of aromatic nitrogens is 1. The smallest absolute Gasteiger partial charge is 0.371 e. The Morgan fingerprint density at radius 1 is 1.06 bits per heavy atom. The van der Waals surface area contributed by atoms with Gasteiger partial charge < -0.3 is 19.4 Å². The van der Waals surface area contributed by atoms with Crippen LogP contribution in [-0.4, -0.2) is 32.5 Å². The number of furan rings is 1. The standard InChI is InChI=1S/C25H17Cl2N3O5/c26-16-6-5-14(19(27)10-16)12-30-23(31)20(28-25(30)34)9-15-11-29(21-4-2-1-3-18(15)21)13-17-7-8-22(35-17)24(32)33/h1-11H,12-13H2,(H,28,34)(H,32,33)/b20-9-. The number of amides is 3. The summed E-state index contributed by atoms with van der Waals surface area (Å²) in [5, 5.41) is 13.4. The van der Waals surface area contributed by atoms with Gasteiger partial charge in [-0.3, -0.25) is 9.69 Å². The highest BCUT2D eigenvalue weighted by atomic mass is 35.5. The topological polar surface area (TPSA) is 105 Å². The maximum atomic E-state index is 13.0. The van der Waals surface area contributed by atoms with Gasteiger partial charge in [0.1, 0.15) is 11.5 Å². The van der Waals surface area contributed by atoms with Crippen LogP contribution in [0.5, 0.6) is 0 Å². The van der Waals surface area contributed by atoms with Crippen molar-refractivity contribution in [2.75, 3.05) is 0 Å². The van der Waals surface area contributed by atoms with Crippen LogP contribution in [0.2, 0.25) is 10.0 Å². The Kier molecular flexibility index (Phi) is 5.84. The zero-order chi connectivity index (χ0) is 24.7. The number of nitrogens with zero attached hydrogens (tertiary/aromatic N) is 2. The summed E-state index contributed by atoms with van der Waals surface area (Å²) in [6, 6.07) is 14.9. The van der Waals surface area contributed by atoms with Crippen molar-refractivity contribution < 1.29 is 23.9 Å². The van der Waals surface area contributed by atoms with Gasteiger partial charge in [0.2, 0.25) is 5.76 Å². The third-order valence-electron chi connectivity index (χ3n) is 5.62. The number of carboxylic acid groups (broad SMARTS) is 1. The van der Waals surface area contributed by atoms with Crippen LogP contribution in [-0.2, 0) is 17.9 Å². The molecule has 0 unspecified atom stereocenters. The number of nitrogens with one attached hydrogen (secondary N) is 1. The van der Waals surface area contributed by atoms with Crippen molar-refractivity contribution >= 4 is 58.1 Å². The first-order valence-corrected chi connectivity index (χ1v) is 11.2. The minimum absolute atomic E-state index is 0.00414. The summed E-state index contributed by atoms with van der Waals surface area (Å²) >= 11 is 12.1. The molecule has 176 valence electrons. The van der Waals surface area contributed by atoms with E-state index in [0.29, 0.717) is 33.5 Å². The van der Waals surface area contributed by atoms with E-state index in [-0.39, 0.29) is 18.0 Å². The highest BCUT2D eigenvalue weighted by molar-refractivity contribution is 6.35. The largest absolute Gasteiger partial charge is 0.475 e. The molecule has 4 aromatic rings. The van der Waals surface area contributed by atoms with E-state index in [4.69, 9.17) is 32.7 Å². The monoisotopic (exact) mass is 509 g/mol. The summed E-state index contributed by atoms with van der Waals surface area (Å²) in [7, 11) is 0. The van der Waals surface area contributed by atoms with Gasteiger partial charge in [-0.2, -0.15) is 0 Å².